The molecule has 0 aliphatic heterocycles. The van der Waals surface area contributed by atoms with Gasteiger partial charge in [0.15, 0.2) is 0 Å². The molecule has 0 aliphatic rings. The second-order valence-corrected chi connectivity index (χ2v) is 4.91. The van der Waals surface area contributed by atoms with Crippen molar-refractivity contribution >= 4 is 17.4 Å². The normalized spacial score (nSPS) is 10.5. The number of benzene rings is 1. The van der Waals surface area contributed by atoms with Gasteiger partial charge in [-0.2, -0.15) is 11.3 Å². The van der Waals surface area contributed by atoms with Crippen LogP contribution in [-0.4, -0.2) is 6.10 Å². The minimum Gasteiger partial charge on any atom is -0.491 e. The molecule has 88 valence electrons. The maximum atomic E-state index is 5.68. The van der Waals surface area contributed by atoms with Crippen molar-refractivity contribution in [1.82, 2.24) is 0 Å². The highest BCUT2D eigenvalue weighted by Crippen LogP contribution is 2.30. The molecule has 1 aromatic carbocycles. The van der Waals surface area contributed by atoms with Gasteiger partial charge in [0.1, 0.15) is 5.75 Å². The minimum atomic E-state index is 0.194. The van der Waals surface area contributed by atoms with E-state index in [0.29, 0.717) is 0 Å². The van der Waals surface area contributed by atoms with Crippen LogP contribution in [0.5, 0.6) is 5.75 Å². The second-order valence-electron chi connectivity index (χ2n) is 4.13. The highest BCUT2D eigenvalue weighted by Gasteiger charge is 2.06. The molecule has 0 unspecified atom stereocenters. The average Bonchev–Trinajstić information content (AvgIpc) is 2.81. The first-order valence-corrected chi connectivity index (χ1v) is 6.60. The molecule has 0 bridgehead atoms. The summed E-state index contributed by atoms with van der Waals surface area (Å²) in [7, 11) is 0. The van der Waals surface area contributed by atoms with Crippen molar-refractivity contribution in [2.75, 3.05) is 0 Å². The molecule has 1 aromatic heterocycles. The van der Waals surface area contributed by atoms with Crippen LogP contribution < -0.4 is 4.74 Å². The number of hydrogen-bond donors (Lipinski definition) is 0. The van der Waals surface area contributed by atoms with Gasteiger partial charge in [0.2, 0.25) is 0 Å². The molecule has 1 nitrogen and oxygen atoms in total. The zero-order chi connectivity index (χ0) is 12.3. The summed E-state index contributed by atoms with van der Waals surface area (Å²) in [5.74, 6) is 0.897. The molecule has 2 rings (SSSR count). The van der Waals surface area contributed by atoms with Crippen molar-refractivity contribution in [3.63, 3.8) is 0 Å². The number of ether oxygens (including phenoxy) is 1. The van der Waals surface area contributed by atoms with E-state index in [1.165, 1.54) is 11.1 Å². The molecule has 0 radical (unpaired) electrons. The van der Waals surface area contributed by atoms with Gasteiger partial charge < -0.3 is 4.74 Å². The SMILES string of the molecule is C=Cc1cc(OC(C)C)ccc1-c1ccsc1. The van der Waals surface area contributed by atoms with E-state index in [0.717, 1.165) is 11.3 Å². The van der Waals surface area contributed by atoms with Crippen LogP contribution in [-0.2, 0) is 0 Å². The summed E-state index contributed by atoms with van der Waals surface area (Å²) in [6.07, 6.45) is 2.07. The summed E-state index contributed by atoms with van der Waals surface area (Å²) in [4.78, 5) is 0. The fraction of sp³-hybridized carbons (Fsp3) is 0.200. The summed E-state index contributed by atoms with van der Waals surface area (Å²) < 4.78 is 5.68. The van der Waals surface area contributed by atoms with Crippen LogP contribution in [0.4, 0.5) is 0 Å². The monoisotopic (exact) mass is 244 g/mol. The van der Waals surface area contributed by atoms with E-state index < -0.39 is 0 Å². The Bertz CT molecular complexity index is 498. The van der Waals surface area contributed by atoms with Crippen LogP contribution >= 0.6 is 11.3 Å². The molecule has 0 amide bonds. The van der Waals surface area contributed by atoms with Gasteiger partial charge in [-0.25, -0.2) is 0 Å². The van der Waals surface area contributed by atoms with E-state index in [4.69, 9.17) is 4.74 Å². The third-order valence-corrected chi connectivity index (χ3v) is 3.13. The zero-order valence-electron chi connectivity index (χ0n) is 10.1. The van der Waals surface area contributed by atoms with E-state index >= 15 is 0 Å². The molecule has 17 heavy (non-hydrogen) atoms. The molecule has 2 heteroatoms. The summed E-state index contributed by atoms with van der Waals surface area (Å²) in [5, 5.41) is 4.23. The Labute approximate surface area is 106 Å². The van der Waals surface area contributed by atoms with Crippen molar-refractivity contribution in [1.29, 1.82) is 0 Å². The Morgan fingerprint density at radius 1 is 1.29 bits per heavy atom. The third kappa shape index (κ3) is 2.77. The maximum absolute atomic E-state index is 5.68. The molecule has 2 aromatic rings. The van der Waals surface area contributed by atoms with Gasteiger partial charge in [0.05, 0.1) is 6.10 Å². The maximum Gasteiger partial charge on any atom is 0.120 e. The number of thiophene rings is 1. The largest absolute Gasteiger partial charge is 0.491 e. The summed E-state index contributed by atoms with van der Waals surface area (Å²) >= 11 is 1.70. The zero-order valence-corrected chi connectivity index (χ0v) is 11.0. The summed E-state index contributed by atoms with van der Waals surface area (Å²) in [5.41, 5.74) is 3.56. The lowest BCUT2D eigenvalue weighted by atomic mass is 10.0. The first-order chi connectivity index (χ1) is 8.20. The highest BCUT2D eigenvalue weighted by molar-refractivity contribution is 7.08. The molecule has 0 saturated carbocycles. The van der Waals surface area contributed by atoms with Gasteiger partial charge in [-0.15, -0.1) is 0 Å². The van der Waals surface area contributed by atoms with Crippen molar-refractivity contribution in [2.24, 2.45) is 0 Å². The fourth-order valence-corrected chi connectivity index (χ4v) is 2.39. The van der Waals surface area contributed by atoms with E-state index in [-0.39, 0.29) is 6.10 Å². The third-order valence-electron chi connectivity index (χ3n) is 2.45. The van der Waals surface area contributed by atoms with Gasteiger partial charge in [-0.1, -0.05) is 18.7 Å². The Balaban J connectivity index is 2.39. The Hall–Kier alpha value is -1.54. The van der Waals surface area contributed by atoms with E-state index in [1.54, 1.807) is 11.3 Å². The predicted molar refractivity (Wildman–Crippen MR) is 75.6 cm³/mol. The molecule has 0 atom stereocenters. The van der Waals surface area contributed by atoms with Crippen LogP contribution in [0.2, 0.25) is 0 Å². The topological polar surface area (TPSA) is 9.23 Å². The minimum absolute atomic E-state index is 0.194. The lowest BCUT2D eigenvalue weighted by molar-refractivity contribution is 0.242. The smallest absolute Gasteiger partial charge is 0.120 e. The Morgan fingerprint density at radius 3 is 2.71 bits per heavy atom. The molecular weight excluding hydrogens is 228 g/mol. The predicted octanol–water partition coefficient (Wildman–Crippen LogP) is 4.85. The first-order valence-electron chi connectivity index (χ1n) is 5.66. The first kappa shape index (κ1) is 11.9. The van der Waals surface area contributed by atoms with Gasteiger partial charge in [-0.3, -0.25) is 0 Å². The van der Waals surface area contributed by atoms with E-state index in [9.17, 15) is 0 Å². The van der Waals surface area contributed by atoms with Crippen LogP contribution in [0, 0.1) is 0 Å². The molecule has 0 saturated heterocycles. The lowest BCUT2D eigenvalue weighted by Gasteiger charge is -2.12. The number of rotatable bonds is 4. The number of hydrogen-bond acceptors (Lipinski definition) is 2. The van der Waals surface area contributed by atoms with E-state index in [1.807, 2.05) is 32.1 Å². The highest BCUT2D eigenvalue weighted by atomic mass is 32.1. The van der Waals surface area contributed by atoms with Crippen LogP contribution in [0.1, 0.15) is 19.4 Å². The lowest BCUT2D eigenvalue weighted by Crippen LogP contribution is -2.05. The Kier molecular flexibility index (Phi) is 3.64. The summed E-state index contributed by atoms with van der Waals surface area (Å²) in [6.45, 7) is 7.93. The molecule has 0 spiro atoms. The molecule has 0 fully saturated rings. The quantitative estimate of drug-likeness (QED) is 0.747. The van der Waals surface area contributed by atoms with Crippen LogP contribution in [0.15, 0.2) is 41.6 Å². The second kappa shape index (κ2) is 5.19. The molecule has 1 heterocycles. The average molecular weight is 244 g/mol. The van der Waals surface area contributed by atoms with Crippen LogP contribution in [0.25, 0.3) is 17.2 Å². The molecule has 0 N–H and O–H groups in total. The van der Waals surface area contributed by atoms with Gasteiger partial charge in [0, 0.05) is 0 Å². The van der Waals surface area contributed by atoms with Gasteiger partial charge in [0.25, 0.3) is 0 Å². The van der Waals surface area contributed by atoms with Gasteiger partial charge >= 0.3 is 0 Å². The molecular formula is C15H16OS. The molecule has 0 aliphatic carbocycles. The Morgan fingerprint density at radius 2 is 2.12 bits per heavy atom. The van der Waals surface area contributed by atoms with E-state index in [2.05, 4.69) is 29.5 Å². The van der Waals surface area contributed by atoms with Gasteiger partial charge in [-0.05, 0) is 59.5 Å². The fourth-order valence-electron chi connectivity index (χ4n) is 1.74. The van der Waals surface area contributed by atoms with Crippen LogP contribution in [0.3, 0.4) is 0 Å². The van der Waals surface area contributed by atoms with Crippen molar-refractivity contribution in [2.45, 2.75) is 20.0 Å². The summed E-state index contributed by atoms with van der Waals surface area (Å²) in [6, 6.07) is 8.27. The van der Waals surface area contributed by atoms with Crippen molar-refractivity contribution in [3.8, 4) is 16.9 Å². The van der Waals surface area contributed by atoms with Crippen molar-refractivity contribution < 1.29 is 4.74 Å². The standard InChI is InChI=1S/C15H16OS/c1-4-12-9-14(16-11(2)3)5-6-15(12)13-7-8-17-10-13/h4-11H,1H2,2-3H3. The van der Waals surface area contributed by atoms with Crippen molar-refractivity contribution in [3.05, 3.63) is 47.2 Å².